The van der Waals surface area contributed by atoms with Gasteiger partial charge in [-0.25, -0.2) is 0 Å². The van der Waals surface area contributed by atoms with E-state index in [0.29, 0.717) is 23.9 Å². The Kier molecular flexibility index (Phi) is 37.5. The van der Waals surface area contributed by atoms with Crippen molar-refractivity contribution >= 4 is 13.7 Å². The zero-order valence-electron chi connectivity index (χ0n) is 37.4. The van der Waals surface area contributed by atoms with Crippen molar-refractivity contribution in [2.24, 2.45) is 0 Å². The van der Waals surface area contributed by atoms with E-state index in [1.54, 1.807) is 0 Å². The summed E-state index contributed by atoms with van der Waals surface area (Å²) in [5.41, 5.74) is 0. The zero-order valence-corrected chi connectivity index (χ0v) is 38.3. The quantitative estimate of drug-likeness (QED) is 0.0242. The largest absolute Gasteiger partial charge is 0.756 e. The molecule has 0 saturated carbocycles. The van der Waals surface area contributed by atoms with Gasteiger partial charge in [-0.05, 0) is 51.4 Å². The summed E-state index contributed by atoms with van der Waals surface area (Å²) < 4.78 is 23.1. The number of aliphatic hydroxyl groups excluding tert-OH is 2. The molecule has 0 bridgehead atoms. The van der Waals surface area contributed by atoms with Crippen LogP contribution in [-0.4, -0.2) is 79.8 Å². The molecule has 4 atom stereocenters. The lowest BCUT2D eigenvalue weighted by Gasteiger charge is -2.31. The number of hydrogen-bond donors (Lipinski definition) is 3. The molecule has 0 aliphatic rings. The van der Waals surface area contributed by atoms with E-state index >= 15 is 0 Å². The molecule has 0 aromatic heterocycles. The number of carbonyl (C=O) groups is 1. The standard InChI is InChI=1S/C47H89N2O7P/c1-6-8-10-12-14-16-18-20-21-22-23-24-25-26-27-28-30-32-34-36-38-40-46(51)48-44(43-56-57(53,54)55-42-41-49(3,4)5)47(52)45(50)39-37-35-33-31-29-19-17-15-13-11-9-7-2/h8,10,14,16,20-21,23-24,44-45,47,50,52H,6-7,9,11-13,15,17-19,22,25-43H2,1-5H3,(H-,48,51,53,54)/b10-8-,16-14-,21-20-,24-23-. The lowest BCUT2D eigenvalue weighted by molar-refractivity contribution is -0.870. The molecule has 0 aliphatic carbocycles. The van der Waals surface area contributed by atoms with Crippen LogP contribution < -0.4 is 10.2 Å². The van der Waals surface area contributed by atoms with Crippen molar-refractivity contribution in [3.8, 4) is 0 Å². The van der Waals surface area contributed by atoms with E-state index in [2.05, 4.69) is 67.8 Å². The summed E-state index contributed by atoms with van der Waals surface area (Å²) in [6.07, 6.45) is 44.3. The smallest absolute Gasteiger partial charge is 0.268 e. The van der Waals surface area contributed by atoms with Crippen molar-refractivity contribution in [2.75, 3.05) is 40.9 Å². The van der Waals surface area contributed by atoms with Gasteiger partial charge in [0.25, 0.3) is 7.82 Å². The first-order valence-electron chi connectivity index (χ1n) is 23.1. The molecule has 9 nitrogen and oxygen atoms in total. The van der Waals surface area contributed by atoms with Crippen molar-refractivity contribution in [3.05, 3.63) is 48.6 Å². The van der Waals surface area contributed by atoms with E-state index in [0.717, 1.165) is 70.6 Å². The topological polar surface area (TPSA) is 128 Å². The van der Waals surface area contributed by atoms with Crippen LogP contribution >= 0.6 is 7.82 Å². The third kappa shape index (κ3) is 39.6. The highest BCUT2D eigenvalue weighted by Crippen LogP contribution is 2.38. The maximum absolute atomic E-state index is 12.9. The highest BCUT2D eigenvalue weighted by molar-refractivity contribution is 7.45. The minimum absolute atomic E-state index is 0.0442. The number of quaternary nitrogens is 1. The first-order chi connectivity index (χ1) is 27.4. The second kappa shape index (κ2) is 38.6. The second-order valence-corrected chi connectivity index (χ2v) is 18.3. The molecule has 0 fully saturated rings. The Bertz CT molecular complexity index is 1090. The molecule has 0 heterocycles. The van der Waals surface area contributed by atoms with Gasteiger partial charge >= 0.3 is 0 Å². The van der Waals surface area contributed by atoms with Crippen LogP contribution in [0.2, 0.25) is 0 Å². The molecule has 57 heavy (non-hydrogen) atoms. The van der Waals surface area contributed by atoms with Crippen molar-refractivity contribution in [3.63, 3.8) is 0 Å². The average molecular weight is 825 g/mol. The monoisotopic (exact) mass is 825 g/mol. The molecule has 10 heteroatoms. The summed E-state index contributed by atoms with van der Waals surface area (Å²) in [7, 11) is 1.11. The second-order valence-electron chi connectivity index (χ2n) is 16.9. The number of likely N-dealkylation sites (N-methyl/N-ethyl adjacent to an activating group) is 1. The minimum Gasteiger partial charge on any atom is -0.756 e. The van der Waals surface area contributed by atoms with Crippen molar-refractivity contribution < 1.29 is 38.0 Å². The van der Waals surface area contributed by atoms with E-state index in [1.807, 2.05) is 21.1 Å². The molecular weight excluding hydrogens is 735 g/mol. The lowest BCUT2D eigenvalue weighted by Crippen LogP contribution is -2.51. The van der Waals surface area contributed by atoms with E-state index in [1.165, 1.54) is 83.5 Å². The SMILES string of the molecule is CC/C=C\C/C=C\C/C=C\C/C=C\CCCCCCCCCCC(=O)NC(COP(=O)([O-])OCC[N+](C)(C)C)C(O)C(O)CCCCCCCCCCCCCC. The number of unbranched alkanes of at least 4 members (excludes halogenated alkanes) is 19. The number of amides is 1. The Balaban J connectivity index is 4.44. The minimum atomic E-state index is -4.67. The Morgan fingerprint density at radius 1 is 0.649 bits per heavy atom. The zero-order chi connectivity index (χ0) is 42.3. The summed E-state index contributed by atoms with van der Waals surface area (Å²) in [6.45, 7) is 4.31. The maximum Gasteiger partial charge on any atom is 0.268 e. The molecule has 334 valence electrons. The molecule has 0 aromatic rings. The fraction of sp³-hybridized carbons (Fsp3) is 0.809. The van der Waals surface area contributed by atoms with Crippen LogP contribution in [0.25, 0.3) is 0 Å². The predicted octanol–water partition coefficient (Wildman–Crippen LogP) is 11.2. The molecule has 3 N–H and O–H groups in total. The van der Waals surface area contributed by atoms with Gasteiger partial charge < -0.3 is 34.0 Å². The van der Waals surface area contributed by atoms with Crippen LogP contribution in [-0.2, 0) is 18.4 Å². The summed E-state index contributed by atoms with van der Waals surface area (Å²) in [6, 6.07) is -1.08. The van der Waals surface area contributed by atoms with Gasteiger partial charge in [0.2, 0.25) is 5.91 Å². The van der Waals surface area contributed by atoms with Crippen LogP contribution in [0.5, 0.6) is 0 Å². The van der Waals surface area contributed by atoms with Gasteiger partial charge in [-0.2, -0.15) is 0 Å². The average Bonchev–Trinajstić information content (AvgIpc) is 3.16. The van der Waals surface area contributed by atoms with E-state index in [4.69, 9.17) is 9.05 Å². The molecule has 0 aliphatic heterocycles. The predicted molar refractivity (Wildman–Crippen MR) is 239 cm³/mol. The van der Waals surface area contributed by atoms with E-state index < -0.39 is 32.7 Å². The van der Waals surface area contributed by atoms with Crippen molar-refractivity contribution in [1.82, 2.24) is 5.32 Å². The molecule has 1 amide bonds. The van der Waals surface area contributed by atoms with Crippen molar-refractivity contribution in [1.29, 1.82) is 0 Å². The van der Waals surface area contributed by atoms with Gasteiger partial charge in [-0.3, -0.25) is 9.36 Å². The Labute approximate surface area is 351 Å². The van der Waals surface area contributed by atoms with Gasteiger partial charge in [-0.1, -0.05) is 178 Å². The molecular formula is C47H89N2O7P. The number of carbonyl (C=O) groups excluding carboxylic acids is 1. The highest BCUT2D eigenvalue weighted by Gasteiger charge is 2.29. The van der Waals surface area contributed by atoms with Gasteiger partial charge in [0, 0.05) is 6.42 Å². The molecule has 4 unspecified atom stereocenters. The Hall–Kier alpha value is -1.58. The number of phosphoric ester groups is 1. The number of nitrogens with zero attached hydrogens (tertiary/aromatic N) is 1. The molecule has 0 radical (unpaired) electrons. The molecule has 0 aromatic carbocycles. The summed E-state index contributed by atoms with van der Waals surface area (Å²) in [5, 5.41) is 24.6. The van der Waals surface area contributed by atoms with Crippen LogP contribution in [0.15, 0.2) is 48.6 Å². The van der Waals surface area contributed by atoms with E-state index in [9.17, 15) is 24.5 Å². The first kappa shape index (κ1) is 55.4. The van der Waals surface area contributed by atoms with Gasteiger partial charge in [0.15, 0.2) is 0 Å². The van der Waals surface area contributed by atoms with E-state index in [-0.39, 0.29) is 18.9 Å². The lowest BCUT2D eigenvalue weighted by atomic mass is 9.99. The molecule has 0 saturated heterocycles. The first-order valence-corrected chi connectivity index (χ1v) is 24.5. The number of phosphoric acid groups is 1. The number of allylic oxidation sites excluding steroid dienone is 8. The van der Waals surface area contributed by atoms with Crippen LogP contribution in [0.4, 0.5) is 0 Å². The van der Waals surface area contributed by atoms with Crippen LogP contribution in [0.3, 0.4) is 0 Å². The molecule has 0 spiro atoms. The Morgan fingerprint density at radius 3 is 1.61 bits per heavy atom. The van der Waals surface area contributed by atoms with Gasteiger partial charge in [0.1, 0.15) is 19.3 Å². The van der Waals surface area contributed by atoms with Gasteiger partial charge in [-0.15, -0.1) is 0 Å². The summed E-state index contributed by atoms with van der Waals surface area (Å²) in [5.74, 6) is -0.289. The Morgan fingerprint density at radius 2 is 1.11 bits per heavy atom. The molecule has 0 rings (SSSR count). The summed E-state index contributed by atoms with van der Waals surface area (Å²) >= 11 is 0. The number of aliphatic hydroxyl groups is 2. The number of rotatable bonds is 41. The van der Waals surface area contributed by atoms with Crippen LogP contribution in [0, 0.1) is 0 Å². The van der Waals surface area contributed by atoms with Gasteiger partial charge in [0.05, 0.1) is 39.9 Å². The third-order valence-electron chi connectivity index (χ3n) is 10.2. The fourth-order valence-electron chi connectivity index (χ4n) is 6.48. The fourth-order valence-corrected chi connectivity index (χ4v) is 7.20. The van der Waals surface area contributed by atoms with Crippen molar-refractivity contribution in [2.45, 2.75) is 205 Å². The highest BCUT2D eigenvalue weighted by atomic mass is 31.2. The number of hydrogen-bond acceptors (Lipinski definition) is 7. The normalized spacial score (nSPS) is 15.3. The maximum atomic E-state index is 12.9. The summed E-state index contributed by atoms with van der Waals surface area (Å²) in [4.78, 5) is 25.4. The number of nitrogens with one attached hydrogen (secondary N) is 1. The third-order valence-corrected chi connectivity index (χ3v) is 11.1. The van der Waals surface area contributed by atoms with Crippen LogP contribution in [0.1, 0.15) is 187 Å².